The van der Waals surface area contributed by atoms with E-state index in [-0.39, 0.29) is 17.7 Å². The zero-order valence-electron chi connectivity index (χ0n) is 10.5. The van der Waals surface area contributed by atoms with Crippen molar-refractivity contribution in [2.24, 2.45) is 5.41 Å². The van der Waals surface area contributed by atoms with Crippen molar-refractivity contribution < 1.29 is 23.4 Å². The molecule has 1 rings (SSSR count). The van der Waals surface area contributed by atoms with Crippen molar-refractivity contribution in [3.05, 3.63) is 29.3 Å². The molecule has 0 fully saturated rings. The lowest BCUT2D eigenvalue weighted by atomic mass is 9.84. The van der Waals surface area contributed by atoms with E-state index in [0.29, 0.717) is 5.56 Å². The number of carbonyl (C=O) groups is 1. The summed E-state index contributed by atoms with van der Waals surface area (Å²) in [5.41, 5.74) is -1.03. The highest BCUT2D eigenvalue weighted by molar-refractivity contribution is 5.74. The monoisotopic (exact) mass is 258 g/mol. The second kappa shape index (κ2) is 5.33. The fourth-order valence-corrected chi connectivity index (χ4v) is 1.72. The third-order valence-corrected chi connectivity index (χ3v) is 2.81. The molecule has 0 amide bonds. The maximum Gasteiger partial charge on any atom is 0.309 e. The third-order valence-electron chi connectivity index (χ3n) is 2.81. The summed E-state index contributed by atoms with van der Waals surface area (Å²) in [5, 5.41) is 9.04. The first-order chi connectivity index (χ1) is 8.29. The number of halogens is 2. The van der Waals surface area contributed by atoms with Gasteiger partial charge in [0.05, 0.1) is 18.1 Å². The predicted octanol–water partition coefficient (Wildman–Crippen LogP) is 3.29. The number of methoxy groups -OCH3 is 1. The zero-order chi connectivity index (χ0) is 13.9. The zero-order valence-corrected chi connectivity index (χ0v) is 10.5. The number of hydrogen-bond acceptors (Lipinski definition) is 2. The van der Waals surface area contributed by atoms with Crippen LogP contribution in [0.4, 0.5) is 8.78 Å². The largest absolute Gasteiger partial charge is 0.496 e. The van der Waals surface area contributed by atoms with Gasteiger partial charge in [-0.1, -0.05) is 12.1 Å². The number of aliphatic carboxylic acids is 1. The minimum atomic E-state index is -2.69. The Labute approximate surface area is 104 Å². The Balaban J connectivity index is 3.21. The van der Waals surface area contributed by atoms with E-state index in [1.807, 2.05) is 0 Å². The Morgan fingerprint density at radius 2 is 2.06 bits per heavy atom. The fourth-order valence-electron chi connectivity index (χ4n) is 1.72. The van der Waals surface area contributed by atoms with Gasteiger partial charge < -0.3 is 9.84 Å². The van der Waals surface area contributed by atoms with Crippen LogP contribution in [0.15, 0.2) is 18.2 Å². The number of benzene rings is 1. The second-order valence-electron chi connectivity index (χ2n) is 4.70. The van der Waals surface area contributed by atoms with Crippen LogP contribution in [0.1, 0.15) is 31.4 Å². The van der Waals surface area contributed by atoms with E-state index in [9.17, 15) is 13.6 Å². The van der Waals surface area contributed by atoms with Gasteiger partial charge >= 0.3 is 5.97 Å². The number of carboxylic acids is 1. The van der Waals surface area contributed by atoms with E-state index in [1.54, 1.807) is 6.07 Å². The van der Waals surface area contributed by atoms with E-state index in [1.165, 1.54) is 33.1 Å². The Morgan fingerprint density at radius 1 is 1.44 bits per heavy atom. The van der Waals surface area contributed by atoms with Crippen LogP contribution in [0, 0.1) is 5.41 Å². The molecule has 0 spiro atoms. The van der Waals surface area contributed by atoms with E-state index in [0.717, 1.165) is 0 Å². The molecule has 0 aliphatic rings. The molecule has 0 radical (unpaired) electrons. The summed E-state index contributed by atoms with van der Waals surface area (Å²) in [4.78, 5) is 11.0. The maximum atomic E-state index is 13.0. The number of hydrogen-bond donors (Lipinski definition) is 1. The van der Waals surface area contributed by atoms with Crippen molar-refractivity contribution in [1.82, 2.24) is 0 Å². The Kier molecular flexibility index (Phi) is 4.27. The predicted molar refractivity (Wildman–Crippen MR) is 63.1 cm³/mol. The normalized spacial score (nSPS) is 11.7. The molecule has 0 saturated carbocycles. The van der Waals surface area contributed by atoms with Gasteiger partial charge in [-0.25, -0.2) is 8.78 Å². The molecule has 0 aromatic heterocycles. The second-order valence-corrected chi connectivity index (χ2v) is 4.70. The first kappa shape index (κ1) is 14.4. The van der Waals surface area contributed by atoms with Crippen LogP contribution >= 0.6 is 0 Å². The highest BCUT2D eigenvalue weighted by Gasteiger charge is 2.30. The Morgan fingerprint density at radius 3 is 2.50 bits per heavy atom. The van der Waals surface area contributed by atoms with Gasteiger partial charge in [0, 0.05) is 0 Å². The lowest BCUT2D eigenvalue weighted by Gasteiger charge is -2.21. The molecule has 0 bridgehead atoms. The van der Waals surface area contributed by atoms with Gasteiger partial charge in [0.25, 0.3) is 6.43 Å². The molecule has 0 heterocycles. The molecule has 18 heavy (non-hydrogen) atoms. The van der Waals surface area contributed by atoms with Crippen molar-refractivity contribution in [3.63, 3.8) is 0 Å². The highest BCUT2D eigenvalue weighted by Crippen LogP contribution is 2.35. The topological polar surface area (TPSA) is 46.5 Å². The molecule has 0 aliphatic heterocycles. The van der Waals surface area contributed by atoms with Gasteiger partial charge in [0.1, 0.15) is 5.75 Å². The summed E-state index contributed by atoms with van der Waals surface area (Å²) in [7, 11) is 1.31. The van der Waals surface area contributed by atoms with Gasteiger partial charge in [0.2, 0.25) is 0 Å². The van der Waals surface area contributed by atoms with Crippen LogP contribution in [0.5, 0.6) is 5.75 Å². The van der Waals surface area contributed by atoms with Crippen LogP contribution in [-0.2, 0) is 11.2 Å². The number of rotatable bonds is 5. The molecular formula is C13H16F2O3. The van der Waals surface area contributed by atoms with E-state index >= 15 is 0 Å². The quantitative estimate of drug-likeness (QED) is 0.881. The van der Waals surface area contributed by atoms with Crippen molar-refractivity contribution in [2.45, 2.75) is 26.7 Å². The van der Waals surface area contributed by atoms with Crippen molar-refractivity contribution in [2.75, 3.05) is 7.11 Å². The fraction of sp³-hybridized carbons (Fsp3) is 0.462. The number of carboxylic acid groups (broad SMARTS) is 1. The van der Waals surface area contributed by atoms with E-state index in [2.05, 4.69) is 0 Å². The van der Waals surface area contributed by atoms with Gasteiger partial charge in [-0.2, -0.15) is 0 Å². The summed E-state index contributed by atoms with van der Waals surface area (Å²) in [6, 6.07) is 4.53. The SMILES string of the molecule is COc1cccc(CC(C)(C)C(=O)O)c1C(F)F. The minimum absolute atomic E-state index is 0.0270. The number of alkyl halides is 2. The Hall–Kier alpha value is -1.65. The van der Waals surface area contributed by atoms with E-state index in [4.69, 9.17) is 9.84 Å². The van der Waals surface area contributed by atoms with Crippen molar-refractivity contribution in [3.8, 4) is 5.75 Å². The molecular weight excluding hydrogens is 242 g/mol. The van der Waals surface area contributed by atoms with Gasteiger partial charge in [0.15, 0.2) is 0 Å². The lowest BCUT2D eigenvalue weighted by molar-refractivity contribution is -0.146. The number of ether oxygens (including phenoxy) is 1. The van der Waals surface area contributed by atoms with E-state index < -0.39 is 17.8 Å². The molecule has 0 atom stereocenters. The third kappa shape index (κ3) is 2.97. The van der Waals surface area contributed by atoms with Crippen LogP contribution < -0.4 is 4.74 Å². The first-order valence-corrected chi connectivity index (χ1v) is 5.47. The van der Waals surface area contributed by atoms with Crippen LogP contribution in [0.2, 0.25) is 0 Å². The van der Waals surface area contributed by atoms with Crippen LogP contribution in [0.3, 0.4) is 0 Å². The summed E-state index contributed by atoms with van der Waals surface area (Å²) in [6.07, 6.45) is -2.67. The summed E-state index contributed by atoms with van der Waals surface area (Å²) >= 11 is 0. The van der Waals surface area contributed by atoms with Gasteiger partial charge in [-0.15, -0.1) is 0 Å². The minimum Gasteiger partial charge on any atom is -0.496 e. The average molecular weight is 258 g/mol. The molecule has 0 aliphatic carbocycles. The lowest BCUT2D eigenvalue weighted by Crippen LogP contribution is -2.26. The van der Waals surface area contributed by atoms with Crippen LogP contribution in [-0.4, -0.2) is 18.2 Å². The summed E-state index contributed by atoms with van der Waals surface area (Å²) in [6.45, 7) is 3.01. The molecule has 1 N–H and O–H groups in total. The van der Waals surface area contributed by atoms with Gasteiger partial charge in [-0.3, -0.25) is 4.79 Å². The maximum absolute atomic E-state index is 13.0. The molecule has 5 heteroatoms. The van der Waals surface area contributed by atoms with Crippen molar-refractivity contribution >= 4 is 5.97 Å². The molecule has 0 unspecified atom stereocenters. The standard InChI is InChI=1S/C13H16F2O3/c1-13(2,12(16)17)7-8-5-4-6-9(18-3)10(8)11(14)15/h4-6,11H,7H2,1-3H3,(H,16,17). The molecule has 100 valence electrons. The summed E-state index contributed by atoms with van der Waals surface area (Å²) in [5.74, 6) is -0.936. The molecule has 1 aromatic carbocycles. The van der Waals surface area contributed by atoms with Crippen LogP contribution in [0.25, 0.3) is 0 Å². The molecule has 0 saturated heterocycles. The Bertz CT molecular complexity index is 442. The van der Waals surface area contributed by atoms with Crippen molar-refractivity contribution in [1.29, 1.82) is 0 Å². The average Bonchev–Trinajstić information content (AvgIpc) is 2.27. The van der Waals surface area contributed by atoms with Gasteiger partial charge in [-0.05, 0) is 31.9 Å². The highest BCUT2D eigenvalue weighted by atomic mass is 19.3. The molecule has 3 nitrogen and oxygen atoms in total. The molecule has 1 aromatic rings. The summed E-state index contributed by atoms with van der Waals surface area (Å²) < 4.78 is 30.9. The smallest absolute Gasteiger partial charge is 0.309 e. The first-order valence-electron chi connectivity index (χ1n) is 5.47.